The van der Waals surface area contributed by atoms with Crippen molar-refractivity contribution in [3.63, 3.8) is 0 Å². The average Bonchev–Trinajstić information content (AvgIpc) is 3.17. The van der Waals surface area contributed by atoms with Crippen LogP contribution in [0.1, 0.15) is 36.1 Å². The Morgan fingerprint density at radius 3 is 1.18 bits per heavy atom. The molecule has 0 unspecified atom stereocenters. The molecule has 0 saturated heterocycles. The maximum atomic E-state index is 6.75. The minimum absolute atomic E-state index is 0.565. The summed E-state index contributed by atoms with van der Waals surface area (Å²) in [5.74, 6) is 7.91. The number of hydrogen-bond donors (Lipinski definition) is 0. The molecule has 0 aromatic heterocycles. The van der Waals surface area contributed by atoms with E-state index < -0.39 is 5.79 Å². The predicted octanol–water partition coefficient (Wildman–Crippen LogP) is 10.8. The van der Waals surface area contributed by atoms with Gasteiger partial charge >= 0.3 is 0 Å². The fraction of sp³-hybridized carbons (Fsp3) is 0.111. The van der Waals surface area contributed by atoms with Gasteiger partial charge in [0, 0.05) is 25.0 Å². The lowest BCUT2D eigenvalue weighted by atomic mass is 9.97. The molecule has 0 heterocycles. The van der Waals surface area contributed by atoms with Crippen LogP contribution in [0.2, 0.25) is 0 Å². The van der Waals surface area contributed by atoms with Crippen LogP contribution in [0.4, 0.5) is 11.4 Å². The van der Waals surface area contributed by atoms with Crippen LogP contribution in [0, 0.1) is 0 Å². The highest BCUT2D eigenvalue weighted by atomic mass is 16.7. The van der Waals surface area contributed by atoms with E-state index in [1.165, 1.54) is 0 Å². The van der Waals surface area contributed by atoms with Crippen LogP contribution in [0.5, 0.6) is 23.0 Å². The molecule has 0 N–H and O–H groups in total. The fourth-order valence-corrected chi connectivity index (χ4v) is 5.41. The Balaban J connectivity index is 1.43. The first kappa shape index (κ1) is 34.3. The summed E-state index contributed by atoms with van der Waals surface area (Å²) in [6.07, 6.45) is 0. The molecule has 0 bridgehead atoms. The quantitative estimate of drug-likeness (QED) is 0.0960. The summed E-state index contributed by atoms with van der Waals surface area (Å²) in [7, 11) is 3.28. The largest absolute Gasteiger partial charge is 0.497 e. The van der Waals surface area contributed by atoms with Gasteiger partial charge in [0.15, 0.2) is 0 Å². The topological polar surface area (TPSA) is 61.6 Å². The molecule has 0 aliphatic heterocycles. The van der Waals surface area contributed by atoms with Crippen molar-refractivity contribution >= 4 is 34.3 Å². The van der Waals surface area contributed by atoms with Gasteiger partial charge < -0.3 is 18.9 Å². The van der Waals surface area contributed by atoms with E-state index in [0.29, 0.717) is 23.0 Å². The van der Waals surface area contributed by atoms with Crippen LogP contribution in [-0.2, 0) is 0 Å². The number of methoxy groups -OCH3 is 2. The van der Waals surface area contributed by atoms with Crippen molar-refractivity contribution in [3.05, 3.63) is 180 Å². The van der Waals surface area contributed by atoms with E-state index in [1.807, 2.05) is 172 Å². The standard InChI is InChI=1S/C45H38N2O4/c1-45(2,50-43-27-25-37(48-3)29-39(43)41(33-17-9-5-10-18-33)31-46-35-21-13-7-14-22-35)51-44-28-26-38(49-4)30-40(44)42(34-19-11-6-12-20-34)32-47-36-23-15-8-16-24-36/h5-30H,1-4H3. The first-order chi connectivity index (χ1) is 24.9. The minimum Gasteiger partial charge on any atom is -0.497 e. The summed E-state index contributed by atoms with van der Waals surface area (Å²) in [4.78, 5) is 9.38. The molecule has 0 atom stereocenters. The second kappa shape index (κ2) is 16.2. The zero-order chi connectivity index (χ0) is 35.5. The number of para-hydroxylation sites is 2. The van der Waals surface area contributed by atoms with Gasteiger partial charge in [0.1, 0.15) is 23.0 Å². The molecule has 6 rings (SSSR count). The number of benzene rings is 6. The third-order valence-electron chi connectivity index (χ3n) is 7.85. The van der Waals surface area contributed by atoms with E-state index >= 15 is 0 Å². The average molecular weight is 671 g/mol. The minimum atomic E-state index is -1.16. The van der Waals surface area contributed by atoms with Crippen molar-refractivity contribution < 1.29 is 18.9 Å². The number of rotatable bonds is 12. The summed E-state index contributed by atoms with van der Waals surface area (Å²) in [5.41, 5.74) is 6.36. The first-order valence-electron chi connectivity index (χ1n) is 16.6. The second-order valence-electron chi connectivity index (χ2n) is 11.9. The molecule has 0 amide bonds. The third kappa shape index (κ3) is 8.91. The molecule has 0 saturated carbocycles. The lowest BCUT2D eigenvalue weighted by Gasteiger charge is -2.30. The number of hydrogen-bond acceptors (Lipinski definition) is 6. The lowest BCUT2D eigenvalue weighted by Crippen LogP contribution is -2.36. The molecule has 6 heteroatoms. The molecule has 6 nitrogen and oxygen atoms in total. The van der Waals surface area contributed by atoms with Crippen molar-refractivity contribution in [2.45, 2.75) is 19.6 Å². The molecule has 252 valence electrons. The van der Waals surface area contributed by atoms with Crippen LogP contribution >= 0.6 is 0 Å². The Morgan fingerprint density at radius 2 is 0.824 bits per heavy atom. The van der Waals surface area contributed by atoms with E-state index in [-0.39, 0.29) is 0 Å². The molecule has 0 fully saturated rings. The lowest BCUT2D eigenvalue weighted by molar-refractivity contribution is -0.0813. The third-order valence-corrected chi connectivity index (χ3v) is 7.85. The maximum Gasteiger partial charge on any atom is 0.245 e. The zero-order valence-electron chi connectivity index (χ0n) is 29.0. The highest BCUT2D eigenvalue weighted by molar-refractivity contribution is 6.02. The predicted molar refractivity (Wildman–Crippen MR) is 206 cm³/mol. The summed E-state index contributed by atoms with van der Waals surface area (Å²) < 4.78 is 24.8. The van der Waals surface area contributed by atoms with E-state index in [9.17, 15) is 0 Å². The van der Waals surface area contributed by atoms with Gasteiger partial charge in [0.25, 0.3) is 0 Å². The molecular weight excluding hydrogens is 633 g/mol. The Hall–Kier alpha value is -6.58. The summed E-state index contributed by atoms with van der Waals surface area (Å²) >= 11 is 0. The van der Waals surface area contributed by atoms with Crippen LogP contribution in [0.25, 0.3) is 11.1 Å². The van der Waals surface area contributed by atoms with E-state index in [4.69, 9.17) is 28.9 Å². The van der Waals surface area contributed by atoms with E-state index in [2.05, 4.69) is 11.7 Å². The number of aliphatic imine (C=N–C) groups is 2. The summed E-state index contributed by atoms with van der Waals surface area (Å²) in [6.45, 7) is 3.76. The van der Waals surface area contributed by atoms with Crippen molar-refractivity contribution in [2.75, 3.05) is 14.2 Å². The number of ether oxygens (including phenoxy) is 4. The second-order valence-corrected chi connectivity index (χ2v) is 11.9. The SMILES string of the molecule is COc1ccc(OC(C)(C)Oc2ccc(OC)cc2C(=C=Nc2ccccc2)c2ccccc2)c(C(=C=Nc2ccccc2)c2ccccc2)c1. The van der Waals surface area contributed by atoms with Gasteiger partial charge in [0.05, 0.1) is 36.7 Å². The molecule has 0 spiro atoms. The van der Waals surface area contributed by atoms with Crippen molar-refractivity contribution in [3.8, 4) is 23.0 Å². The van der Waals surface area contributed by atoms with Gasteiger partial charge in [-0.3, -0.25) is 0 Å². The molecule has 51 heavy (non-hydrogen) atoms. The number of nitrogens with zero attached hydrogens (tertiary/aromatic N) is 2. The molecule has 0 radical (unpaired) electrons. The Kier molecular flexibility index (Phi) is 10.9. The zero-order valence-corrected chi connectivity index (χ0v) is 29.0. The Morgan fingerprint density at radius 1 is 0.471 bits per heavy atom. The van der Waals surface area contributed by atoms with Gasteiger partial charge in [0.2, 0.25) is 5.79 Å². The molecular formula is C45H38N2O4. The van der Waals surface area contributed by atoms with Crippen LogP contribution in [0.3, 0.4) is 0 Å². The highest BCUT2D eigenvalue weighted by Gasteiger charge is 2.27. The normalized spacial score (nSPS) is 10.6. The van der Waals surface area contributed by atoms with Crippen molar-refractivity contribution in [1.29, 1.82) is 0 Å². The monoisotopic (exact) mass is 670 g/mol. The molecule has 0 aliphatic rings. The molecule has 6 aromatic rings. The fourth-order valence-electron chi connectivity index (χ4n) is 5.41. The van der Waals surface area contributed by atoms with Crippen LogP contribution in [-0.4, -0.2) is 31.7 Å². The van der Waals surface area contributed by atoms with E-state index in [1.54, 1.807) is 14.2 Å². The first-order valence-corrected chi connectivity index (χ1v) is 16.6. The van der Waals surface area contributed by atoms with Crippen LogP contribution < -0.4 is 18.9 Å². The van der Waals surface area contributed by atoms with Gasteiger partial charge in [-0.15, -0.1) is 0 Å². The molecule has 6 aromatic carbocycles. The maximum absolute atomic E-state index is 6.75. The van der Waals surface area contributed by atoms with Gasteiger partial charge in [-0.2, -0.15) is 0 Å². The van der Waals surface area contributed by atoms with Crippen molar-refractivity contribution in [1.82, 2.24) is 0 Å². The summed E-state index contributed by atoms with van der Waals surface area (Å²) in [6, 6.07) is 50.7. The Labute approximate surface area is 299 Å². The van der Waals surface area contributed by atoms with Gasteiger partial charge in [-0.05, 0) is 83.5 Å². The smallest absolute Gasteiger partial charge is 0.245 e. The molecule has 0 aliphatic carbocycles. The van der Waals surface area contributed by atoms with Gasteiger partial charge in [-0.1, -0.05) is 97.1 Å². The van der Waals surface area contributed by atoms with Crippen LogP contribution in [0.15, 0.2) is 168 Å². The highest BCUT2D eigenvalue weighted by Crippen LogP contribution is 2.38. The van der Waals surface area contributed by atoms with Gasteiger partial charge in [-0.25, -0.2) is 9.98 Å². The summed E-state index contributed by atoms with van der Waals surface area (Å²) in [5, 5.41) is 0. The van der Waals surface area contributed by atoms with Crippen molar-refractivity contribution in [2.24, 2.45) is 9.98 Å². The van der Waals surface area contributed by atoms with E-state index in [0.717, 1.165) is 44.8 Å². The Bertz CT molecular complexity index is 2040.